The van der Waals surface area contributed by atoms with E-state index in [1.165, 1.54) is 4.90 Å². The highest BCUT2D eigenvalue weighted by Gasteiger charge is 2.39. The molecule has 1 aromatic rings. The Hall–Kier alpha value is -1.63. The average molecular weight is 272 g/mol. The first-order valence-electron chi connectivity index (χ1n) is 5.44. The van der Waals surface area contributed by atoms with Gasteiger partial charge >= 0.3 is 10.2 Å². The van der Waals surface area contributed by atoms with Crippen LogP contribution in [0.1, 0.15) is 6.42 Å². The highest BCUT2D eigenvalue weighted by atomic mass is 32.3. The highest BCUT2D eigenvalue weighted by Crippen LogP contribution is 2.31. The van der Waals surface area contributed by atoms with Crippen molar-refractivity contribution >= 4 is 27.5 Å². The smallest absolute Gasteiger partial charge is 0.307 e. The predicted molar refractivity (Wildman–Crippen MR) is 66.8 cm³/mol. The molecule has 18 heavy (non-hydrogen) atoms. The SMILES string of the molecule is CNc1ccccc1N1CC(S(=O)(=O)F)CC1=O. The van der Waals surface area contributed by atoms with Crippen molar-refractivity contribution < 1.29 is 17.1 Å². The van der Waals surface area contributed by atoms with Crippen LogP contribution in [0.2, 0.25) is 0 Å². The maximum Gasteiger partial charge on any atom is 0.307 e. The molecule has 1 amide bonds. The number of carbonyl (C=O) groups excluding carboxylic acids is 1. The summed E-state index contributed by atoms with van der Waals surface area (Å²) in [6.45, 7) is -0.143. The molecule has 0 spiro atoms. The second-order valence-corrected chi connectivity index (χ2v) is 5.69. The lowest BCUT2D eigenvalue weighted by atomic mass is 10.2. The lowest BCUT2D eigenvalue weighted by Gasteiger charge is -2.19. The van der Waals surface area contributed by atoms with Crippen LogP contribution in [-0.4, -0.2) is 33.2 Å². The number of rotatable bonds is 3. The maximum absolute atomic E-state index is 12.9. The number of carbonyl (C=O) groups is 1. The predicted octanol–water partition coefficient (Wildman–Crippen LogP) is 1.13. The minimum atomic E-state index is -4.68. The topological polar surface area (TPSA) is 66.5 Å². The van der Waals surface area contributed by atoms with E-state index in [2.05, 4.69) is 5.32 Å². The maximum atomic E-state index is 12.9. The molecule has 1 N–H and O–H groups in total. The number of anilines is 2. The molecular formula is C11H13FN2O3S. The molecule has 1 aliphatic rings. The van der Waals surface area contributed by atoms with Crippen molar-refractivity contribution in [1.82, 2.24) is 0 Å². The van der Waals surface area contributed by atoms with E-state index < -0.39 is 15.5 Å². The second-order valence-electron chi connectivity index (χ2n) is 4.07. The molecule has 0 radical (unpaired) electrons. The van der Waals surface area contributed by atoms with Gasteiger partial charge in [0, 0.05) is 20.0 Å². The summed E-state index contributed by atoms with van der Waals surface area (Å²) in [6.07, 6.45) is -0.309. The summed E-state index contributed by atoms with van der Waals surface area (Å²) in [5, 5.41) is 1.64. The van der Waals surface area contributed by atoms with Gasteiger partial charge in [-0.05, 0) is 12.1 Å². The molecule has 7 heteroatoms. The van der Waals surface area contributed by atoms with E-state index in [1.807, 2.05) is 0 Å². The highest BCUT2D eigenvalue weighted by molar-refractivity contribution is 7.87. The van der Waals surface area contributed by atoms with Gasteiger partial charge in [0.2, 0.25) is 5.91 Å². The fourth-order valence-electron chi connectivity index (χ4n) is 2.02. The van der Waals surface area contributed by atoms with Crippen LogP contribution in [0.15, 0.2) is 24.3 Å². The molecule has 5 nitrogen and oxygen atoms in total. The summed E-state index contributed by atoms with van der Waals surface area (Å²) in [6, 6.07) is 6.98. The summed E-state index contributed by atoms with van der Waals surface area (Å²) in [4.78, 5) is 13.1. The van der Waals surface area contributed by atoms with Gasteiger partial charge in [-0.25, -0.2) is 0 Å². The number of nitrogens with zero attached hydrogens (tertiary/aromatic N) is 1. The van der Waals surface area contributed by atoms with Crippen molar-refractivity contribution in [1.29, 1.82) is 0 Å². The Labute approximate surface area is 105 Å². The first-order chi connectivity index (χ1) is 8.43. The second kappa shape index (κ2) is 4.56. The van der Waals surface area contributed by atoms with E-state index in [0.717, 1.165) is 0 Å². The molecule has 98 valence electrons. The van der Waals surface area contributed by atoms with Crippen molar-refractivity contribution in [2.75, 3.05) is 23.8 Å². The Morgan fingerprint density at radius 3 is 2.61 bits per heavy atom. The number of halogens is 1. The molecular weight excluding hydrogens is 259 g/mol. The van der Waals surface area contributed by atoms with Crippen molar-refractivity contribution in [3.63, 3.8) is 0 Å². The number of hydrogen-bond donors (Lipinski definition) is 1. The first-order valence-corrected chi connectivity index (χ1v) is 6.88. The van der Waals surface area contributed by atoms with Crippen LogP contribution in [0.3, 0.4) is 0 Å². The fourth-order valence-corrected chi connectivity index (χ4v) is 2.69. The fraction of sp³-hybridized carbons (Fsp3) is 0.364. The van der Waals surface area contributed by atoms with Crippen LogP contribution in [0.4, 0.5) is 15.3 Å². The largest absolute Gasteiger partial charge is 0.386 e. The minimum Gasteiger partial charge on any atom is -0.386 e. The number of benzene rings is 1. The lowest BCUT2D eigenvalue weighted by molar-refractivity contribution is -0.117. The Morgan fingerprint density at radius 1 is 1.39 bits per heavy atom. The molecule has 0 aromatic heterocycles. The van der Waals surface area contributed by atoms with E-state index in [0.29, 0.717) is 11.4 Å². The van der Waals surface area contributed by atoms with Crippen molar-refractivity contribution in [3.05, 3.63) is 24.3 Å². The van der Waals surface area contributed by atoms with Crippen LogP contribution in [0.5, 0.6) is 0 Å². The van der Waals surface area contributed by atoms with E-state index in [-0.39, 0.29) is 18.9 Å². The Bertz CT molecular complexity index is 573. The molecule has 0 saturated carbocycles. The van der Waals surface area contributed by atoms with Gasteiger partial charge in [0.1, 0.15) is 5.25 Å². The number of para-hydroxylation sites is 2. The Balaban J connectivity index is 2.33. The molecule has 2 rings (SSSR count). The van der Waals surface area contributed by atoms with Gasteiger partial charge < -0.3 is 10.2 Å². The van der Waals surface area contributed by atoms with Crippen LogP contribution < -0.4 is 10.2 Å². The van der Waals surface area contributed by atoms with Gasteiger partial charge in [0.25, 0.3) is 0 Å². The Kier molecular flexibility index (Phi) is 3.25. The van der Waals surface area contributed by atoms with E-state index in [1.54, 1.807) is 31.3 Å². The van der Waals surface area contributed by atoms with Crippen LogP contribution in [-0.2, 0) is 15.0 Å². The van der Waals surface area contributed by atoms with Crippen LogP contribution in [0.25, 0.3) is 0 Å². The van der Waals surface area contributed by atoms with E-state index in [9.17, 15) is 17.1 Å². The summed E-state index contributed by atoms with van der Waals surface area (Å²) in [7, 11) is -2.98. The van der Waals surface area contributed by atoms with E-state index in [4.69, 9.17) is 0 Å². The summed E-state index contributed by atoms with van der Waals surface area (Å²) in [5.41, 5.74) is 1.26. The normalized spacial score (nSPS) is 20.2. The molecule has 0 aliphatic carbocycles. The van der Waals surface area contributed by atoms with Crippen molar-refractivity contribution in [2.45, 2.75) is 11.7 Å². The standard InChI is InChI=1S/C11H13FN2O3S/c1-13-9-4-2-3-5-10(9)14-7-8(6-11(14)15)18(12,16)17/h2-5,8,13H,6-7H2,1H3. The number of nitrogens with one attached hydrogen (secondary N) is 1. The van der Waals surface area contributed by atoms with Gasteiger partial charge in [-0.1, -0.05) is 12.1 Å². The average Bonchev–Trinajstić information content (AvgIpc) is 2.71. The quantitative estimate of drug-likeness (QED) is 0.838. The van der Waals surface area contributed by atoms with Gasteiger partial charge in [-0.3, -0.25) is 4.79 Å². The van der Waals surface area contributed by atoms with Crippen molar-refractivity contribution in [2.24, 2.45) is 0 Å². The monoisotopic (exact) mass is 272 g/mol. The van der Waals surface area contributed by atoms with Gasteiger partial charge in [0.15, 0.2) is 0 Å². The molecule has 1 saturated heterocycles. The van der Waals surface area contributed by atoms with Gasteiger partial charge in [-0.2, -0.15) is 8.42 Å². The zero-order valence-electron chi connectivity index (χ0n) is 9.76. The number of amides is 1. The zero-order chi connectivity index (χ0) is 13.3. The molecule has 1 aromatic carbocycles. The van der Waals surface area contributed by atoms with E-state index >= 15 is 0 Å². The van der Waals surface area contributed by atoms with Gasteiger partial charge in [-0.15, -0.1) is 3.89 Å². The Morgan fingerprint density at radius 2 is 2.06 bits per heavy atom. The third kappa shape index (κ3) is 2.31. The van der Waals surface area contributed by atoms with Gasteiger partial charge in [0.05, 0.1) is 11.4 Å². The lowest BCUT2D eigenvalue weighted by Crippen LogP contribution is -2.27. The molecule has 1 atom stereocenters. The molecule has 1 fully saturated rings. The van der Waals surface area contributed by atoms with Crippen LogP contribution in [0, 0.1) is 0 Å². The zero-order valence-corrected chi connectivity index (χ0v) is 10.6. The third-order valence-corrected chi connectivity index (χ3v) is 4.06. The third-order valence-electron chi connectivity index (χ3n) is 2.95. The van der Waals surface area contributed by atoms with Crippen molar-refractivity contribution in [3.8, 4) is 0 Å². The summed E-state index contributed by atoms with van der Waals surface area (Å²) in [5.74, 6) is -0.385. The summed E-state index contributed by atoms with van der Waals surface area (Å²) >= 11 is 0. The minimum absolute atomic E-state index is 0.143. The molecule has 1 heterocycles. The number of hydrogen-bond acceptors (Lipinski definition) is 4. The summed E-state index contributed by atoms with van der Waals surface area (Å²) < 4.78 is 34.6. The van der Waals surface area contributed by atoms with Crippen LogP contribution >= 0.6 is 0 Å². The molecule has 0 bridgehead atoms. The molecule has 1 unspecified atom stereocenters. The molecule has 1 aliphatic heterocycles. The first kappa shape index (κ1) is 12.8.